The van der Waals surface area contributed by atoms with Crippen LogP contribution in [0.3, 0.4) is 0 Å². The first-order chi connectivity index (χ1) is 8.77. The molecule has 0 spiro atoms. The minimum absolute atomic E-state index is 0.645. The van der Waals surface area contributed by atoms with Crippen LogP contribution in [0.15, 0.2) is 18.2 Å². The van der Waals surface area contributed by atoms with Gasteiger partial charge in [-0.05, 0) is 43.7 Å². The number of anilines is 1. The predicted octanol–water partition coefficient (Wildman–Crippen LogP) is 3.61. The van der Waals surface area contributed by atoms with Gasteiger partial charge in [0.2, 0.25) is 0 Å². The summed E-state index contributed by atoms with van der Waals surface area (Å²) in [6.07, 6.45) is 6.61. The summed E-state index contributed by atoms with van der Waals surface area (Å²) in [4.78, 5) is 2.63. The molecule has 2 rings (SSSR count). The second kappa shape index (κ2) is 6.24. The van der Waals surface area contributed by atoms with Crippen molar-refractivity contribution in [3.8, 4) is 0 Å². The summed E-state index contributed by atoms with van der Waals surface area (Å²) in [6, 6.07) is 7.24. The predicted molar refractivity (Wildman–Crippen MR) is 79.0 cm³/mol. The van der Waals surface area contributed by atoms with E-state index in [0.717, 1.165) is 6.04 Å². The normalized spacial score (nSPS) is 20.2. The minimum Gasteiger partial charge on any atom is -0.368 e. The molecule has 100 valence electrons. The number of rotatable bonds is 4. The van der Waals surface area contributed by atoms with Crippen molar-refractivity contribution in [2.45, 2.75) is 58.5 Å². The van der Waals surface area contributed by atoms with E-state index in [1.54, 1.807) is 0 Å². The van der Waals surface area contributed by atoms with Gasteiger partial charge in [-0.3, -0.25) is 0 Å². The maximum absolute atomic E-state index is 5.92. The number of piperidine rings is 1. The lowest BCUT2D eigenvalue weighted by atomic mass is 9.95. The molecule has 2 nitrogen and oxygen atoms in total. The number of hydrogen-bond donors (Lipinski definition) is 1. The summed E-state index contributed by atoms with van der Waals surface area (Å²) in [5.41, 5.74) is 10.0. The third kappa shape index (κ3) is 2.69. The topological polar surface area (TPSA) is 29.3 Å². The first-order valence-corrected chi connectivity index (χ1v) is 7.33. The first-order valence-electron chi connectivity index (χ1n) is 7.33. The fraction of sp³-hybridized carbons (Fsp3) is 0.625. The molecule has 0 saturated carbocycles. The zero-order valence-corrected chi connectivity index (χ0v) is 11.8. The Morgan fingerprint density at radius 3 is 2.89 bits per heavy atom. The maximum atomic E-state index is 5.92. The lowest BCUT2D eigenvalue weighted by Gasteiger charge is -2.39. The van der Waals surface area contributed by atoms with Gasteiger partial charge in [0.1, 0.15) is 0 Å². The summed E-state index contributed by atoms with van der Waals surface area (Å²) in [6.45, 7) is 6.34. The average molecular weight is 246 g/mol. The molecule has 2 heteroatoms. The van der Waals surface area contributed by atoms with Crippen molar-refractivity contribution in [3.05, 3.63) is 29.3 Å². The summed E-state index contributed by atoms with van der Waals surface area (Å²) in [5, 5.41) is 0. The third-order valence-corrected chi connectivity index (χ3v) is 4.08. The molecule has 2 N–H and O–H groups in total. The standard InChI is InChI=1S/C16H26N2/c1-3-7-15-10-4-5-11-18(15)16-13(2)8-6-9-14(16)12-17/h6,8-9,15H,3-5,7,10-12,17H2,1-2H3. The second-order valence-electron chi connectivity index (χ2n) is 5.42. The molecule has 0 bridgehead atoms. The van der Waals surface area contributed by atoms with E-state index in [9.17, 15) is 0 Å². The van der Waals surface area contributed by atoms with Gasteiger partial charge in [-0.25, -0.2) is 0 Å². The molecule has 1 aliphatic rings. The third-order valence-electron chi connectivity index (χ3n) is 4.08. The molecule has 1 heterocycles. The van der Waals surface area contributed by atoms with E-state index >= 15 is 0 Å². The van der Waals surface area contributed by atoms with Gasteiger partial charge in [-0.15, -0.1) is 0 Å². The van der Waals surface area contributed by atoms with Gasteiger partial charge in [0.05, 0.1) is 0 Å². The summed E-state index contributed by atoms with van der Waals surface area (Å²) in [7, 11) is 0. The molecule has 1 saturated heterocycles. The van der Waals surface area contributed by atoms with Crippen molar-refractivity contribution in [3.63, 3.8) is 0 Å². The van der Waals surface area contributed by atoms with Crippen molar-refractivity contribution in [2.24, 2.45) is 5.73 Å². The summed E-state index contributed by atoms with van der Waals surface area (Å²) in [5.74, 6) is 0. The highest BCUT2D eigenvalue weighted by atomic mass is 15.2. The number of nitrogens with two attached hydrogens (primary N) is 1. The highest BCUT2D eigenvalue weighted by Crippen LogP contribution is 2.32. The van der Waals surface area contributed by atoms with E-state index in [1.165, 1.54) is 55.5 Å². The van der Waals surface area contributed by atoms with Gasteiger partial charge >= 0.3 is 0 Å². The molecule has 1 aliphatic heterocycles. The van der Waals surface area contributed by atoms with E-state index in [-0.39, 0.29) is 0 Å². The SMILES string of the molecule is CCCC1CCCCN1c1c(C)cccc1CN. The van der Waals surface area contributed by atoms with E-state index in [0.29, 0.717) is 6.54 Å². The number of aryl methyl sites for hydroxylation is 1. The van der Waals surface area contributed by atoms with Gasteiger partial charge < -0.3 is 10.6 Å². The summed E-state index contributed by atoms with van der Waals surface area (Å²) >= 11 is 0. The fourth-order valence-electron chi connectivity index (χ4n) is 3.22. The Labute approximate surface area is 111 Å². The van der Waals surface area contributed by atoms with Crippen LogP contribution in [0.2, 0.25) is 0 Å². The molecule has 0 radical (unpaired) electrons. The van der Waals surface area contributed by atoms with Crippen molar-refractivity contribution in [1.82, 2.24) is 0 Å². The Bertz CT molecular complexity index is 385. The van der Waals surface area contributed by atoms with Crippen LogP contribution in [0.25, 0.3) is 0 Å². The molecular formula is C16H26N2. The smallest absolute Gasteiger partial charge is 0.0443 e. The van der Waals surface area contributed by atoms with Gasteiger partial charge in [0.15, 0.2) is 0 Å². The van der Waals surface area contributed by atoms with Crippen molar-refractivity contribution in [2.75, 3.05) is 11.4 Å². The largest absolute Gasteiger partial charge is 0.368 e. The lowest BCUT2D eigenvalue weighted by Crippen LogP contribution is -2.40. The van der Waals surface area contributed by atoms with Crippen LogP contribution in [0.4, 0.5) is 5.69 Å². The molecule has 1 atom stereocenters. The lowest BCUT2D eigenvalue weighted by molar-refractivity contribution is 0.433. The second-order valence-corrected chi connectivity index (χ2v) is 5.42. The molecule has 1 fully saturated rings. The van der Waals surface area contributed by atoms with E-state index in [1.807, 2.05) is 0 Å². The highest BCUT2D eigenvalue weighted by Gasteiger charge is 2.24. The molecule has 0 aliphatic carbocycles. The maximum Gasteiger partial charge on any atom is 0.0443 e. The minimum atomic E-state index is 0.645. The molecule has 0 amide bonds. The van der Waals surface area contributed by atoms with Gasteiger partial charge in [0.25, 0.3) is 0 Å². The van der Waals surface area contributed by atoms with Crippen molar-refractivity contribution in [1.29, 1.82) is 0 Å². The summed E-state index contributed by atoms with van der Waals surface area (Å²) < 4.78 is 0. The van der Waals surface area contributed by atoms with Gasteiger partial charge in [-0.2, -0.15) is 0 Å². The number of para-hydroxylation sites is 1. The Morgan fingerprint density at radius 1 is 1.33 bits per heavy atom. The van der Waals surface area contributed by atoms with Crippen LogP contribution < -0.4 is 10.6 Å². The van der Waals surface area contributed by atoms with E-state index < -0.39 is 0 Å². The van der Waals surface area contributed by atoms with E-state index in [4.69, 9.17) is 5.73 Å². The van der Waals surface area contributed by atoms with Crippen molar-refractivity contribution >= 4 is 5.69 Å². The Morgan fingerprint density at radius 2 is 2.17 bits per heavy atom. The molecular weight excluding hydrogens is 220 g/mol. The zero-order valence-electron chi connectivity index (χ0n) is 11.8. The molecule has 0 aromatic heterocycles. The number of nitrogens with zero attached hydrogens (tertiary/aromatic N) is 1. The zero-order chi connectivity index (χ0) is 13.0. The quantitative estimate of drug-likeness (QED) is 0.879. The molecule has 1 aromatic carbocycles. The monoisotopic (exact) mass is 246 g/mol. The van der Waals surface area contributed by atoms with Crippen LogP contribution in [-0.4, -0.2) is 12.6 Å². The van der Waals surface area contributed by atoms with Crippen molar-refractivity contribution < 1.29 is 0 Å². The van der Waals surface area contributed by atoms with Crippen LogP contribution in [0.5, 0.6) is 0 Å². The van der Waals surface area contributed by atoms with Crippen LogP contribution in [-0.2, 0) is 6.54 Å². The fourth-order valence-corrected chi connectivity index (χ4v) is 3.22. The number of benzene rings is 1. The molecule has 18 heavy (non-hydrogen) atoms. The number of hydrogen-bond acceptors (Lipinski definition) is 2. The Hall–Kier alpha value is -1.02. The highest BCUT2D eigenvalue weighted by molar-refractivity contribution is 5.60. The van der Waals surface area contributed by atoms with Crippen LogP contribution in [0, 0.1) is 6.92 Å². The van der Waals surface area contributed by atoms with Crippen LogP contribution in [0.1, 0.15) is 50.2 Å². The first kappa shape index (κ1) is 13.4. The van der Waals surface area contributed by atoms with Gasteiger partial charge in [0, 0.05) is 24.8 Å². The van der Waals surface area contributed by atoms with Crippen LogP contribution >= 0.6 is 0 Å². The molecule has 1 unspecified atom stereocenters. The van der Waals surface area contributed by atoms with Gasteiger partial charge in [-0.1, -0.05) is 31.5 Å². The average Bonchev–Trinajstić information content (AvgIpc) is 2.40. The Kier molecular flexibility index (Phi) is 4.65. The molecule has 1 aromatic rings. The van der Waals surface area contributed by atoms with E-state index in [2.05, 4.69) is 36.9 Å². The Balaban J connectivity index is 2.32.